The van der Waals surface area contributed by atoms with Crippen molar-refractivity contribution in [1.82, 2.24) is 10.3 Å². The Morgan fingerprint density at radius 3 is 2.30 bits per heavy atom. The highest BCUT2D eigenvalue weighted by atomic mass is 19.1. The number of pyridine rings is 1. The molecule has 3 aromatic rings. The third kappa shape index (κ3) is 4.76. The lowest BCUT2D eigenvalue weighted by atomic mass is 10.1. The lowest BCUT2D eigenvalue weighted by Crippen LogP contribution is -2.27. The van der Waals surface area contributed by atoms with Gasteiger partial charge in [-0.25, -0.2) is 4.39 Å². The maximum Gasteiger partial charge on any atom is 0.258 e. The van der Waals surface area contributed by atoms with Gasteiger partial charge in [-0.1, -0.05) is 30.3 Å². The minimum absolute atomic E-state index is 0.0807. The maximum absolute atomic E-state index is 13.8. The Kier molecular flexibility index (Phi) is 5.89. The second-order valence-electron chi connectivity index (χ2n) is 5.81. The topological polar surface area (TPSA) is 71.1 Å². The Labute approximate surface area is 156 Å². The maximum atomic E-state index is 13.8. The van der Waals surface area contributed by atoms with E-state index in [1.807, 2.05) is 18.2 Å². The molecule has 2 amide bonds. The number of benzene rings is 2. The number of amides is 2. The van der Waals surface area contributed by atoms with E-state index >= 15 is 0 Å². The fraction of sp³-hybridized carbons (Fsp3) is 0.0952. The Morgan fingerprint density at radius 1 is 0.852 bits per heavy atom. The zero-order valence-electron chi connectivity index (χ0n) is 14.5. The first-order valence-electron chi connectivity index (χ1n) is 8.48. The number of nitrogens with zero attached hydrogens (tertiary/aromatic N) is 1. The average Bonchev–Trinajstić information content (AvgIpc) is 2.69. The van der Waals surface area contributed by atoms with E-state index in [1.54, 1.807) is 36.5 Å². The molecule has 0 unspecified atom stereocenters. The first-order chi connectivity index (χ1) is 13.1. The molecule has 27 heavy (non-hydrogen) atoms. The summed E-state index contributed by atoms with van der Waals surface area (Å²) < 4.78 is 13.8. The number of hydrogen-bond donors (Lipinski definition) is 2. The van der Waals surface area contributed by atoms with E-state index in [0.29, 0.717) is 24.2 Å². The van der Waals surface area contributed by atoms with Gasteiger partial charge in [-0.2, -0.15) is 0 Å². The van der Waals surface area contributed by atoms with Crippen LogP contribution in [-0.2, 0) is 6.42 Å². The Morgan fingerprint density at radius 2 is 1.56 bits per heavy atom. The third-order valence-corrected chi connectivity index (χ3v) is 3.93. The Balaban J connectivity index is 1.67. The molecule has 0 radical (unpaired) electrons. The molecule has 0 bridgehead atoms. The number of nitrogens with one attached hydrogen (secondary N) is 2. The number of aromatic nitrogens is 1. The molecule has 0 spiro atoms. The molecule has 0 saturated carbocycles. The van der Waals surface area contributed by atoms with Crippen molar-refractivity contribution in [3.05, 3.63) is 95.6 Å². The number of para-hydroxylation sites is 1. The Bertz CT molecular complexity index is 945. The van der Waals surface area contributed by atoms with Gasteiger partial charge in [0.15, 0.2) is 0 Å². The molecule has 2 N–H and O–H groups in total. The quantitative estimate of drug-likeness (QED) is 0.705. The predicted octanol–water partition coefficient (Wildman–Crippen LogP) is 3.45. The van der Waals surface area contributed by atoms with Gasteiger partial charge in [-0.3, -0.25) is 14.6 Å². The molecule has 0 fully saturated rings. The zero-order valence-corrected chi connectivity index (χ0v) is 14.5. The molecular formula is C21H18FN3O2. The minimum atomic E-state index is -0.618. The van der Waals surface area contributed by atoms with E-state index in [1.165, 1.54) is 18.2 Å². The summed E-state index contributed by atoms with van der Waals surface area (Å²) >= 11 is 0. The number of rotatable bonds is 6. The Hall–Kier alpha value is -3.54. The summed E-state index contributed by atoms with van der Waals surface area (Å²) in [6, 6.07) is 17.9. The molecule has 3 rings (SSSR count). The second-order valence-corrected chi connectivity index (χ2v) is 5.81. The van der Waals surface area contributed by atoms with Gasteiger partial charge < -0.3 is 10.6 Å². The van der Waals surface area contributed by atoms with Gasteiger partial charge in [0.05, 0.1) is 16.8 Å². The fourth-order valence-corrected chi connectivity index (χ4v) is 2.57. The van der Waals surface area contributed by atoms with E-state index in [4.69, 9.17) is 0 Å². The van der Waals surface area contributed by atoms with Gasteiger partial charge in [0.25, 0.3) is 11.8 Å². The summed E-state index contributed by atoms with van der Waals surface area (Å²) in [6.07, 6.45) is 2.29. The molecular weight excluding hydrogens is 345 g/mol. The van der Waals surface area contributed by atoms with Crippen LogP contribution in [0.2, 0.25) is 0 Å². The zero-order chi connectivity index (χ0) is 19.1. The number of carbonyl (C=O) groups is 2. The van der Waals surface area contributed by atoms with Crippen LogP contribution in [-0.4, -0.2) is 23.3 Å². The lowest BCUT2D eigenvalue weighted by Gasteiger charge is -2.12. The van der Waals surface area contributed by atoms with Gasteiger partial charge in [0.2, 0.25) is 0 Å². The molecule has 1 aromatic heterocycles. The summed E-state index contributed by atoms with van der Waals surface area (Å²) in [5.74, 6) is -1.55. The van der Waals surface area contributed by atoms with Crippen LogP contribution in [0.5, 0.6) is 0 Å². The van der Waals surface area contributed by atoms with Crippen molar-refractivity contribution in [3.63, 3.8) is 0 Å². The summed E-state index contributed by atoms with van der Waals surface area (Å²) in [5.41, 5.74) is 1.42. The standard InChI is InChI=1S/C21H18FN3O2/c22-18-10-3-1-8-16(18)21(27)25-19-11-4-2-9-17(19)20(26)24-14-12-15-7-5-6-13-23-15/h1-11,13H,12,14H2,(H,24,26)(H,25,27). The van der Waals surface area contributed by atoms with Crippen molar-refractivity contribution < 1.29 is 14.0 Å². The smallest absolute Gasteiger partial charge is 0.258 e. The monoisotopic (exact) mass is 363 g/mol. The fourth-order valence-electron chi connectivity index (χ4n) is 2.57. The molecule has 5 nitrogen and oxygen atoms in total. The summed E-state index contributed by atoms with van der Waals surface area (Å²) in [7, 11) is 0. The average molecular weight is 363 g/mol. The lowest BCUT2D eigenvalue weighted by molar-refractivity contribution is 0.0955. The summed E-state index contributed by atoms with van der Waals surface area (Å²) in [5, 5.41) is 5.41. The van der Waals surface area contributed by atoms with Gasteiger partial charge in [-0.05, 0) is 36.4 Å². The number of carbonyl (C=O) groups excluding carboxylic acids is 2. The number of hydrogen-bond acceptors (Lipinski definition) is 3. The van der Waals surface area contributed by atoms with E-state index in [2.05, 4.69) is 15.6 Å². The van der Waals surface area contributed by atoms with E-state index in [-0.39, 0.29) is 11.5 Å². The molecule has 136 valence electrons. The van der Waals surface area contributed by atoms with Crippen LogP contribution < -0.4 is 10.6 Å². The van der Waals surface area contributed by atoms with Gasteiger partial charge in [0.1, 0.15) is 5.82 Å². The van der Waals surface area contributed by atoms with Crippen LogP contribution in [0.4, 0.5) is 10.1 Å². The van der Waals surface area contributed by atoms with Crippen LogP contribution in [0.1, 0.15) is 26.4 Å². The highest BCUT2D eigenvalue weighted by molar-refractivity contribution is 6.09. The van der Waals surface area contributed by atoms with Crippen LogP contribution >= 0.6 is 0 Å². The minimum Gasteiger partial charge on any atom is -0.352 e. The summed E-state index contributed by atoms with van der Waals surface area (Å²) in [6.45, 7) is 0.408. The predicted molar refractivity (Wildman–Crippen MR) is 101 cm³/mol. The van der Waals surface area contributed by atoms with Crippen molar-refractivity contribution in [1.29, 1.82) is 0 Å². The molecule has 0 aliphatic carbocycles. The van der Waals surface area contributed by atoms with Gasteiger partial charge >= 0.3 is 0 Å². The van der Waals surface area contributed by atoms with Crippen LogP contribution in [0.25, 0.3) is 0 Å². The second kappa shape index (κ2) is 8.71. The largest absolute Gasteiger partial charge is 0.352 e. The summed E-state index contributed by atoms with van der Waals surface area (Å²) in [4.78, 5) is 29.0. The van der Waals surface area contributed by atoms with E-state index in [9.17, 15) is 14.0 Å². The van der Waals surface area contributed by atoms with Crippen LogP contribution in [0.3, 0.4) is 0 Å². The van der Waals surface area contributed by atoms with Crippen molar-refractivity contribution in [2.45, 2.75) is 6.42 Å². The van der Waals surface area contributed by atoms with Crippen molar-refractivity contribution in [3.8, 4) is 0 Å². The van der Waals surface area contributed by atoms with Crippen molar-refractivity contribution in [2.75, 3.05) is 11.9 Å². The first-order valence-corrected chi connectivity index (χ1v) is 8.48. The third-order valence-electron chi connectivity index (χ3n) is 3.93. The van der Waals surface area contributed by atoms with Crippen LogP contribution in [0, 0.1) is 5.82 Å². The van der Waals surface area contributed by atoms with Crippen molar-refractivity contribution in [2.24, 2.45) is 0 Å². The van der Waals surface area contributed by atoms with Crippen molar-refractivity contribution >= 4 is 17.5 Å². The highest BCUT2D eigenvalue weighted by Crippen LogP contribution is 2.17. The molecule has 1 heterocycles. The molecule has 0 aliphatic heterocycles. The van der Waals surface area contributed by atoms with Crippen LogP contribution in [0.15, 0.2) is 72.9 Å². The molecule has 0 atom stereocenters. The molecule has 2 aromatic carbocycles. The number of anilines is 1. The molecule has 0 aliphatic rings. The first kappa shape index (κ1) is 18.3. The highest BCUT2D eigenvalue weighted by Gasteiger charge is 2.15. The molecule has 6 heteroatoms. The normalized spacial score (nSPS) is 10.3. The van der Waals surface area contributed by atoms with E-state index in [0.717, 1.165) is 5.69 Å². The van der Waals surface area contributed by atoms with Gasteiger partial charge in [-0.15, -0.1) is 0 Å². The van der Waals surface area contributed by atoms with Gasteiger partial charge in [0, 0.05) is 24.9 Å². The van der Waals surface area contributed by atoms with E-state index < -0.39 is 11.7 Å². The molecule has 0 saturated heterocycles. The SMILES string of the molecule is O=C(Nc1ccccc1C(=O)NCCc1ccccn1)c1ccccc1F. The number of halogens is 1.